The van der Waals surface area contributed by atoms with Crippen LogP contribution in [0, 0.1) is 0 Å². The van der Waals surface area contributed by atoms with Gasteiger partial charge in [-0.2, -0.15) is 13.5 Å². The van der Waals surface area contributed by atoms with Gasteiger partial charge in [0.25, 0.3) is 5.91 Å². The average Bonchev–Trinajstić information content (AvgIpc) is 2.83. The average molecular weight is 353 g/mol. The molecule has 7 nitrogen and oxygen atoms in total. The lowest BCUT2D eigenvalue weighted by Gasteiger charge is -2.11. The third-order valence-corrected chi connectivity index (χ3v) is 4.23. The molecule has 0 fully saturated rings. The van der Waals surface area contributed by atoms with Crippen LogP contribution in [0.2, 0.25) is 0 Å². The lowest BCUT2D eigenvalue weighted by Crippen LogP contribution is -2.18. The van der Waals surface area contributed by atoms with E-state index in [1.165, 1.54) is 24.3 Å². The maximum Gasteiger partial charge on any atom is 0.488 e. The van der Waals surface area contributed by atoms with E-state index >= 15 is 0 Å². The first-order valence-corrected chi connectivity index (χ1v) is 8.74. The number of anilines is 1. The number of hydrogen-bond donors (Lipinski definition) is 1. The number of hydrogen-bond acceptors (Lipinski definition) is 5. The molecule has 128 valence electrons. The molecule has 0 spiro atoms. The van der Waals surface area contributed by atoms with Crippen LogP contribution in [0.25, 0.3) is 0 Å². The van der Waals surface area contributed by atoms with Crippen molar-refractivity contribution in [3.05, 3.63) is 41.2 Å². The van der Waals surface area contributed by atoms with Crippen LogP contribution >= 0.6 is 0 Å². The fourth-order valence-corrected chi connectivity index (χ4v) is 3.21. The molecule has 0 aliphatic heterocycles. The molecule has 1 aromatic heterocycles. The normalized spacial score (nSPS) is 14.1. The summed E-state index contributed by atoms with van der Waals surface area (Å²) in [5.41, 5.74) is 2.90. The summed E-state index contributed by atoms with van der Waals surface area (Å²) >= 11 is 0. The first-order valence-electron chi connectivity index (χ1n) is 7.44. The highest BCUT2D eigenvalue weighted by molar-refractivity contribution is 7.81. The number of nitrogens with zero attached hydrogens (tertiary/aromatic N) is 2. The number of aryl methyl sites for hydroxylation is 2. The van der Waals surface area contributed by atoms with Crippen LogP contribution < -0.4 is 9.50 Å². The van der Waals surface area contributed by atoms with Gasteiger partial charge in [-0.1, -0.05) is 3.89 Å². The maximum absolute atomic E-state index is 12.5. The molecule has 0 unspecified atom stereocenters. The number of halogens is 1. The topological polar surface area (TPSA) is 90.3 Å². The van der Waals surface area contributed by atoms with Gasteiger partial charge in [0.05, 0.1) is 5.69 Å². The van der Waals surface area contributed by atoms with Gasteiger partial charge in [0.1, 0.15) is 11.4 Å². The zero-order valence-electron chi connectivity index (χ0n) is 13.0. The van der Waals surface area contributed by atoms with Crippen LogP contribution in [0.1, 0.15) is 34.6 Å². The molecule has 1 amide bonds. The molecular weight excluding hydrogens is 337 g/mol. The molecule has 9 heteroatoms. The van der Waals surface area contributed by atoms with Gasteiger partial charge >= 0.3 is 10.5 Å². The number of benzene rings is 1. The van der Waals surface area contributed by atoms with Crippen molar-refractivity contribution in [2.24, 2.45) is 7.05 Å². The summed E-state index contributed by atoms with van der Waals surface area (Å²) in [4.78, 5) is 12.5. The van der Waals surface area contributed by atoms with E-state index in [9.17, 15) is 17.1 Å². The second-order valence-corrected chi connectivity index (χ2v) is 6.51. The highest BCUT2D eigenvalue weighted by atomic mass is 32.3. The fraction of sp³-hybridized carbons (Fsp3) is 0.333. The first kappa shape index (κ1) is 16.4. The van der Waals surface area contributed by atoms with Crippen LogP contribution in [-0.2, 0) is 30.4 Å². The molecule has 0 saturated carbocycles. The minimum atomic E-state index is -5.06. The number of rotatable bonds is 4. The van der Waals surface area contributed by atoms with Gasteiger partial charge in [-0.3, -0.25) is 9.48 Å². The van der Waals surface area contributed by atoms with Crippen molar-refractivity contribution >= 4 is 22.1 Å². The molecule has 1 aliphatic carbocycles. The van der Waals surface area contributed by atoms with Gasteiger partial charge in [-0.15, -0.1) is 0 Å². The molecular formula is C15H16FN3O4S. The predicted octanol–water partition coefficient (Wildman–Crippen LogP) is 2.14. The van der Waals surface area contributed by atoms with Gasteiger partial charge in [0.15, 0.2) is 0 Å². The minimum absolute atomic E-state index is 0.173. The predicted molar refractivity (Wildman–Crippen MR) is 84.9 cm³/mol. The van der Waals surface area contributed by atoms with Crippen LogP contribution in [0.4, 0.5) is 9.57 Å². The second-order valence-electron chi connectivity index (χ2n) is 5.56. The third kappa shape index (κ3) is 3.56. The van der Waals surface area contributed by atoms with E-state index in [-0.39, 0.29) is 11.7 Å². The zero-order valence-corrected chi connectivity index (χ0v) is 13.8. The molecule has 24 heavy (non-hydrogen) atoms. The smallest absolute Gasteiger partial charge is 0.358 e. The van der Waals surface area contributed by atoms with Gasteiger partial charge in [0, 0.05) is 18.3 Å². The van der Waals surface area contributed by atoms with Crippen LogP contribution in [0.3, 0.4) is 0 Å². The summed E-state index contributed by atoms with van der Waals surface area (Å²) in [6.07, 6.45) is 3.81. The number of aromatic nitrogens is 2. The lowest BCUT2D eigenvalue weighted by atomic mass is 9.95. The number of carbonyl (C=O) groups is 1. The Kier molecular flexibility index (Phi) is 4.27. The highest BCUT2D eigenvalue weighted by Crippen LogP contribution is 2.25. The zero-order chi connectivity index (χ0) is 17.3. The molecule has 2 aromatic rings. The largest absolute Gasteiger partial charge is 0.488 e. The Balaban J connectivity index is 1.77. The Labute approximate surface area is 138 Å². The third-order valence-electron chi connectivity index (χ3n) is 3.84. The van der Waals surface area contributed by atoms with Crippen molar-refractivity contribution in [1.29, 1.82) is 0 Å². The quantitative estimate of drug-likeness (QED) is 0.851. The molecule has 0 saturated heterocycles. The Morgan fingerprint density at radius 3 is 2.58 bits per heavy atom. The Bertz CT molecular complexity index is 875. The molecule has 0 radical (unpaired) electrons. The van der Waals surface area contributed by atoms with E-state index in [0.29, 0.717) is 11.4 Å². The SMILES string of the molecule is Cn1nc2c(c1C(=O)Nc1ccc(OS(=O)(=O)F)cc1)CCCC2. The van der Waals surface area contributed by atoms with E-state index in [2.05, 4.69) is 14.6 Å². The van der Waals surface area contributed by atoms with E-state index in [4.69, 9.17) is 0 Å². The van der Waals surface area contributed by atoms with E-state index in [1.807, 2.05) is 0 Å². The second kappa shape index (κ2) is 6.23. The number of nitrogens with one attached hydrogen (secondary N) is 1. The first-order chi connectivity index (χ1) is 11.3. The van der Waals surface area contributed by atoms with Crippen molar-refractivity contribution in [1.82, 2.24) is 9.78 Å². The van der Waals surface area contributed by atoms with E-state index < -0.39 is 10.5 Å². The number of amides is 1. The Morgan fingerprint density at radius 1 is 1.25 bits per heavy atom. The summed E-state index contributed by atoms with van der Waals surface area (Å²) < 4.78 is 39.0. The Morgan fingerprint density at radius 2 is 1.92 bits per heavy atom. The summed E-state index contributed by atoms with van der Waals surface area (Å²) in [5, 5.41) is 7.12. The summed E-state index contributed by atoms with van der Waals surface area (Å²) in [7, 11) is -3.33. The van der Waals surface area contributed by atoms with Crippen molar-refractivity contribution < 1.29 is 21.3 Å². The van der Waals surface area contributed by atoms with E-state index in [0.717, 1.165) is 36.9 Å². The molecule has 0 atom stereocenters. The van der Waals surface area contributed by atoms with E-state index in [1.54, 1.807) is 11.7 Å². The summed E-state index contributed by atoms with van der Waals surface area (Å²) in [6, 6.07) is 5.37. The number of carbonyl (C=O) groups excluding carboxylic acids is 1. The lowest BCUT2D eigenvalue weighted by molar-refractivity contribution is 0.101. The summed E-state index contributed by atoms with van der Waals surface area (Å²) in [5.74, 6) is -0.464. The van der Waals surface area contributed by atoms with Gasteiger partial charge in [-0.25, -0.2) is 0 Å². The standard InChI is InChI=1S/C15H16FN3O4S/c1-19-14(12-4-2-3-5-13(12)18-19)15(20)17-10-6-8-11(9-7-10)23-24(16,21)22/h6-9H,2-5H2,1H3,(H,17,20). The van der Waals surface area contributed by atoms with Crippen LogP contribution in [0.5, 0.6) is 5.75 Å². The van der Waals surface area contributed by atoms with Gasteiger partial charge < -0.3 is 9.50 Å². The molecule has 1 aliphatic rings. The highest BCUT2D eigenvalue weighted by Gasteiger charge is 2.23. The molecule has 1 aromatic carbocycles. The fourth-order valence-electron chi connectivity index (χ4n) is 2.86. The Hall–Kier alpha value is -2.42. The monoisotopic (exact) mass is 353 g/mol. The van der Waals surface area contributed by atoms with Crippen LogP contribution in [-0.4, -0.2) is 24.1 Å². The molecule has 1 N–H and O–H groups in total. The van der Waals surface area contributed by atoms with Crippen molar-refractivity contribution in [2.45, 2.75) is 25.7 Å². The van der Waals surface area contributed by atoms with Gasteiger partial charge in [-0.05, 0) is 49.9 Å². The molecule has 1 heterocycles. The maximum atomic E-state index is 12.5. The molecule has 0 bridgehead atoms. The van der Waals surface area contributed by atoms with Crippen molar-refractivity contribution in [2.75, 3.05) is 5.32 Å². The van der Waals surface area contributed by atoms with Crippen molar-refractivity contribution in [3.8, 4) is 5.75 Å². The number of fused-ring (bicyclic) bond motifs is 1. The van der Waals surface area contributed by atoms with Crippen LogP contribution in [0.15, 0.2) is 24.3 Å². The van der Waals surface area contributed by atoms with Crippen molar-refractivity contribution in [3.63, 3.8) is 0 Å². The summed E-state index contributed by atoms with van der Waals surface area (Å²) in [6.45, 7) is 0. The van der Waals surface area contributed by atoms with Gasteiger partial charge in [0.2, 0.25) is 0 Å². The molecule has 3 rings (SSSR count). The minimum Gasteiger partial charge on any atom is -0.358 e.